The van der Waals surface area contributed by atoms with Crippen molar-refractivity contribution in [1.82, 2.24) is 4.57 Å². The lowest BCUT2D eigenvalue weighted by atomic mass is 9.89. The molecule has 0 radical (unpaired) electrons. The first kappa shape index (κ1) is 20.2. The minimum absolute atomic E-state index is 0.134. The third kappa shape index (κ3) is 4.11. The number of nitrogens with one attached hydrogen (secondary N) is 1. The van der Waals surface area contributed by atoms with Gasteiger partial charge in [-0.25, -0.2) is 0 Å². The van der Waals surface area contributed by atoms with Crippen LogP contribution in [0.3, 0.4) is 0 Å². The maximum absolute atomic E-state index is 13.3. The maximum Gasteiger partial charge on any atom is 0.261 e. The van der Waals surface area contributed by atoms with Crippen LogP contribution in [0.2, 0.25) is 0 Å². The zero-order valence-corrected chi connectivity index (χ0v) is 17.6. The van der Waals surface area contributed by atoms with E-state index < -0.39 is 5.91 Å². The minimum atomic E-state index is -0.405. The van der Waals surface area contributed by atoms with Gasteiger partial charge in [0, 0.05) is 24.0 Å². The van der Waals surface area contributed by atoms with Gasteiger partial charge in [0.15, 0.2) is 11.2 Å². The van der Waals surface area contributed by atoms with Crippen molar-refractivity contribution in [3.05, 3.63) is 75.8 Å². The van der Waals surface area contributed by atoms with Gasteiger partial charge >= 0.3 is 0 Å². The van der Waals surface area contributed by atoms with Crippen LogP contribution < -0.4 is 10.7 Å². The topological polar surface area (TPSA) is 64.2 Å². The number of carbonyl (C=O) groups excluding carboxylic acids is 1. The number of pyridine rings is 1. The number of furan rings is 1. The van der Waals surface area contributed by atoms with Crippen LogP contribution in [0.25, 0.3) is 11.5 Å². The van der Waals surface area contributed by atoms with Crippen LogP contribution in [0.5, 0.6) is 0 Å². The van der Waals surface area contributed by atoms with Crippen molar-refractivity contribution in [3.8, 4) is 11.5 Å². The van der Waals surface area contributed by atoms with Crippen LogP contribution in [-0.2, 0) is 6.54 Å². The van der Waals surface area contributed by atoms with Crippen LogP contribution >= 0.6 is 0 Å². The Morgan fingerprint density at radius 3 is 2.57 bits per heavy atom. The van der Waals surface area contributed by atoms with Crippen molar-refractivity contribution in [2.45, 2.75) is 52.5 Å². The molecular formula is C25H28N2O3. The van der Waals surface area contributed by atoms with Gasteiger partial charge in [0.2, 0.25) is 0 Å². The number of nitrogens with zero attached hydrogens (tertiary/aromatic N) is 1. The summed E-state index contributed by atoms with van der Waals surface area (Å²) >= 11 is 0. The van der Waals surface area contributed by atoms with Gasteiger partial charge in [-0.3, -0.25) is 9.59 Å². The van der Waals surface area contributed by atoms with Crippen molar-refractivity contribution < 1.29 is 9.21 Å². The van der Waals surface area contributed by atoms with Gasteiger partial charge < -0.3 is 14.3 Å². The number of aromatic nitrogens is 1. The summed E-state index contributed by atoms with van der Waals surface area (Å²) in [7, 11) is 0. The fourth-order valence-corrected chi connectivity index (χ4v) is 4.42. The highest BCUT2D eigenvalue weighted by atomic mass is 16.3. The third-order valence-corrected chi connectivity index (χ3v) is 6.06. The number of aryl methyl sites for hydroxylation is 2. The van der Waals surface area contributed by atoms with E-state index in [1.807, 2.05) is 44.2 Å². The molecule has 0 atom stereocenters. The van der Waals surface area contributed by atoms with Gasteiger partial charge in [-0.2, -0.15) is 0 Å². The first-order chi connectivity index (χ1) is 14.5. The summed E-state index contributed by atoms with van der Waals surface area (Å²) in [6, 6.07) is 12.7. The van der Waals surface area contributed by atoms with Gasteiger partial charge in [0.05, 0.1) is 6.26 Å². The SMILES string of the molecule is Cc1ccccc1NC(=O)c1c(-c2ccco2)n(CC2CCCCC2)c(C)cc1=O. The number of amides is 1. The lowest BCUT2D eigenvalue weighted by molar-refractivity contribution is 0.102. The lowest BCUT2D eigenvalue weighted by Gasteiger charge is -2.26. The van der Waals surface area contributed by atoms with E-state index >= 15 is 0 Å². The van der Waals surface area contributed by atoms with Crippen molar-refractivity contribution >= 4 is 11.6 Å². The summed E-state index contributed by atoms with van der Waals surface area (Å²) < 4.78 is 7.78. The Morgan fingerprint density at radius 1 is 1.10 bits per heavy atom. The van der Waals surface area contributed by atoms with Crippen LogP contribution in [0.1, 0.15) is 53.7 Å². The van der Waals surface area contributed by atoms with Crippen molar-refractivity contribution in [2.24, 2.45) is 5.92 Å². The molecule has 1 fully saturated rings. The van der Waals surface area contributed by atoms with E-state index in [-0.39, 0.29) is 11.0 Å². The standard InChI is InChI=1S/C25H28N2O3/c1-17-9-6-7-12-20(17)26-25(29)23-21(28)15-18(2)27(16-19-10-4-3-5-11-19)24(23)22-13-8-14-30-22/h6-9,12-15,19H,3-5,10-11,16H2,1-2H3,(H,26,29). The Balaban J connectivity index is 1.81. The second kappa shape index (κ2) is 8.74. The van der Waals surface area contributed by atoms with Crippen LogP contribution in [0, 0.1) is 19.8 Å². The highest BCUT2D eigenvalue weighted by Gasteiger charge is 2.25. The molecule has 1 N–H and O–H groups in total. The summed E-state index contributed by atoms with van der Waals surface area (Å²) in [6.07, 6.45) is 7.69. The monoisotopic (exact) mass is 404 g/mol. The second-order valence-corrected chi connectivity index (χ2v) is 8.23. The molecule has 156 valence electrons. The predicted octanol–water partition coefficient (Wildman–Crippen LogP) is 5.56. The number of para-hydroxylation sites is 1. The molecule has 1 aromatic carbocycles. The third-order valence-electron chi connectivity index (χ3n) is 6.06. The van der Waals surface area contributed by atoms with Crippen molar-refractivity contribution in [3.63, 3.8) is 0 Å². The highest BCUT2D eigenvalue weighted by molar-refractivity contribution is 6.08. The van der Waals surface area contributed by atoms with Gasteiger partial charge in [0.25, 0.3) is 5.91 Å². The van der Waals surface area contributed by atoms with Gasteiger partial charge in [-0.05, 0) is 56.4 Å². The first-order valence-electron chi connectivity index (χ1n) is 10.7. The Kier molecular flexibility index (Phi) is 5.88. The molecule has 0 spiro atoms. The molecule has 30 heavy (non-hydrogen) atoms. The largest absolute Gasteiger partial charge is 0.463 e. The lowest BCUT2D eigenvalue weighted by Crippen LogP contribution is -2.28. The highest BCUT2D eigenvalue weighted by Crippen LogP contribution is 2.30. The molecule has 2 heterocycles. The molecule has 1 amide bonds. The predicted molar refractivity (Wildman–Crippen MR) is 119 cm³/mol. The molecule has 0 saturated heterocycles. The number of rotatable bonds is 5. The number of carbonyl (C=O) groups is 1. The van der Waals surface area contributed by atoms with E-state index in [1.165, 1.54) is 32.1 Å². The zero-order valence-electron chi connectivity index (χ0n) is 17.6. The molecule has 4 rings (SSSR count). The smallest absolute Gasteiger partial charge is 0.261 e. The quantitative estimate of drug-likeness (QED) is 0.606. The van der Waals surface area contributed by atoms with E-state index in [4.69, 9.17) is 4.42 Å². The summed E-state index contributed by atoms with van der Waals surface area (Å²) in [6.45, 7) is 4.64. The van der Waals surface area contributed by atoms with E-state index in [0.717, 1.165) is 17.8 Å². The van der Waals surface area contributed by atoms with E-state index in [9.17, 15) is 9.59 Å². The van der Waals surface area contributed by atoms with E-state index in [1.54, 1.807) is 18.4 Å². The number of benzene rings is 1. The average molecular weight is 405 g/mol. The molecule has 2 aromatic heterocycles. The molecule has 1 saturated carbocycles. The first-order valence-corrected chi connectivity index (χ1v) is 10.7. The molecule has 5 nitrogen and oxygen atoms in total. The minimum Gasteiger partial charge on any atom is -0.463 e. The Bertz CT molecular complexity index is 1090. The number of anilines is 1. The molecular weight excluding hydrogens is 376 g/mol. The van der Waals surface area contributed by atoms with Crippen LogP contribution in [0.15, 0.2) is 57.9 Å². The van der Waals surface area contributed by atoms with E-state index in [2.05, 4.69) is 9.88 Å². The van der Waals surface area contributed by atoms with E-state index in [0.29, 0.717) is 23.1 Å². The molecule has 0 unspecified atom stereocenters. The summed E-state index contributed by atoms with van der Waals surface area (Å²) in [5, 5.41) is 2.93. The fourth-order valence-electron chi connectivity index (χ4n) is 4.42. The van der Waals surface area contributed by atoms with Crippen molar-refractivity contribution in [1.29, 1.82) is 0 Å². The molecule has 3 aromatic rings. The fraction of sp³-hybridized carbons (Fsp3) is 0.360. The zero-order chi connectivity index (χ0) is 21.1. The normalized spacial score (nSPS) is 14.6. The van der Waals surface area contributed by atoms with Gasteiger partial charge in [0.1, 0.15) is 11.3 Å². The molecule has 0 aliphatic heterocycles. The van der Waals surface area contributed by atoms with Crippen LogP contribution in [-0.4, -0.2) is 10.5 Å². The molecule has 1 aliphatic carbocycles. The number of hydrogen-bond acceptors (Lipinski definition) is 3. The van der Waals surface area contributed by atoms with Crippen molar-refractivity contribution in [2.75, 3.05) is 5.32 Å². The Labute approximate surface area is 176 Å². The number of hydrogen-bond donors (Lipinski definition) is 1. The summed E-state index contributed by atoms with van der Waals surface area (Å²) in [4.78, 5) is 26.3. The average Bonchev–Trinajstić information content (AvgIpc) is 3.26. The Hall–Kier alpha value is -3.08. The molecule has 1 aliphatic rings. The van der Waals surface area contributed by atoms with Gasteiger partial charge in [-0.1, -0.05) is 37.5 Å². The maximum atomic E-state index is 13.3. The van der Waals surface area contributed by atoms with Gasteiger partial charge in [-0.15, -0.1) is 0 Å². The van der Waals surface area contributed by atoms with Crippen LogP contribution in [0.4, 0.5) is 5.69 Å². The summed E-state index contributed by atoms with van der Waals surface area (Å²) in [5.41, 5.74) is 2.91. The summed E-state index contributed by atoms with van der Waals surface area (Å²) in [5.74, 6) is 0.681. The Morgan fingerprint density at radius 2 is 1.87 bits per heavy atom. The molecule has 5 heteroatoms. The second-order valence-electron chi connectivity index (χ2n) is 8.23. The molecule has 0 bridgehead atoms.